The Bertz CT molecular complexity index is 1350. The molecule has 0 fully saturated rings. The van der Waals surface area contributed by atoms with E-state index in [0.29, 0.717) is 41.4 Å². The highest BCUT2D eigenvalue weighted by atomic mass is 32.2. The van der Waals surface area contributed by atoms with Gasteiger partial charge in [0, 0.05) is 37.4 Å². The maximum Gasteiger partial charge on any atom is 0.231 e. The van der Waals surface area contributed by atoms with Crippen LogP contribution in [0.3, 0.4) is 0 Å². The largest absolute Gasteiger partial charge is 0.508 e. The van der Waals surface area contributed by atoms with Crippen LogP contribution in [0.5, 0.6) is 5.75 Å². The summed E-state index contributed by atoms with van der Waals surface area (Å²) in [6.45, 7) is 8.62. The zero-order chi connectivity index (χ0) is 30.3. The molecule has 3 aromatic carbocycles. The van der Waals surface area contributed by atoms with Crippen molar-refractivity contribution >= 4 is 27.7 Å². The molecule has 4 N–H and O–H groups in total. The molecule has 0 aliphatic carbocycles. The summed E-state index contributed by atoms with van der Waals surface area (Å²) in [5, 5.41) is 19.5. The van der Waals surface area contributed by atoms with E-state index in [4.69, 9.17) is 0 Å². The summed E-state index contributed by atoms with van der Waals surface area (Å²) in [7, 11) is -0.0367. The van der Waals surface area contributed by atoms with Gasteiger partial charge in [-0.15, -0.1) is 0 Å². The van der Waals surface area contributed by atoms with Gasteiger partial charge in [-0.1, -0.05) is 56.0 Å². The Morgan fingerprint density at radius 1 is 1.02 bits per heavy atom. The van der Waals surface area contributed by atoms with E-state index >= 15 is 0 Å². The van der Waals surface area contributed by atoms with Crippen molar-refractivity contribution in [3.05, 3.63) is 102 Å². The highest BCUT2D eigenvalue weighted by Gasteiger charge is 2.14. The molecule has 0 saturated heterocycles. The van der Waals surface area contributed by atoms with Crippen LogP contribution in [0.25, 0.3) is 5.70 Å². The minimum Gasteiger partial charge on any atom is -0.508 e. The summed E-state index contributed by atoms with van der Waals surface area (Å²) in [6, 6.07) is 22.9. The molecule has 1 atom stereocenters. The van der Waals surface area contributed by atoms with Gasteiger partial charge in [-0.2, -0.15) is 0 Å². The Balaban J connectivity index is 0.000000553. The first-order chi connectivity index (χ1) is 19.6. The Hall–Kier alpha value is -3.66. The zero-order valence-electron chi connectivity index (χ0n) is 24.6. The lowest BCUT2D eigenvalue weighted by molar-refractivity contribution is 0.112. The Morgan fingerprint density at radius 3 is 2.34 bits per heavy atom. The van der Waals surface area contributed by atoms with Crippen molar-refractivity contribution < 1.29 is 18.3 Å². The van der Waals surface area contributed by atoms with Crippen LogP contribution < -0.4 is 20.3 Å². The molecule has 222 valence electrons. The molecule has 3 rings (SSSR count). The Kier molecular flexibility index (Phi) is 14.1. The minimum absolute atomic E-state index is 0.282. The zero-order valence-corrected chi connectivity index (χ0v) is 25.4. The van der Waals surface area contributed by atoms with Gasteiger partial charge >= 0.3 is 0 Å². The van der Waals surface area contributed by atoms with Crippen molar-refractivity contribution in [1.29, 1.82) is 0 Å². The van der Waals surface area contributed by atoms with Gasteiger partial charge in [0.15, 0.2) is 0 Å². The van der Waals surface area contributed by atoms with Gasteiger partial charge in [0.1, 0.15) is 12.0 Å². The lowest BCUT2D eigenvalue weighted by Gasteiger charge is -2.19. The van der Waals surface area contributed by atoms with E-state index in [-0.39, 0.29) is 5.75 Å². The van der Waals surface area contributed by atoms with Gasteiger partial charge in [-0.25, -0.2) is 8.42 Å². The average Bonchev–Trinajstić information content (AvgIpc) is 2.96. The van der Waals surface area contributed by atoms with Crippen molar-refractivity contribution in [2.24, 2.45) is 0 Å². The van der Waals surface area contributed by atoms with E-state index in [1.807, 2.05) is 37.4 Å². The third kappa shape index (κ3) is 12.2. The number of carbonyl (C=O) groups is 1. The number of nitrogens with zero attached hydrogens (tertiary/aromatic N) is 1. The lowest BCUT2D eigenvalue weighted by atomic mass is 10.0. The van der Waals surface area contributed by atoms with Gasteiger partial charge in [-0.3, -0.25) is 9.10 Å². The fourth-order valence-corrected chi connectivity index (χ4v) is 4.60. The number of hydrogen-bond donors (Lipinski definition) is 4. The Morgan fingerprint density at radius 2 is 1.73 bits per heavy atom. The highest BCUT2D eigenvalue weighted by molar-refractivity contribution is 7.92. The van der Waals surface area contributed by atoms with Crippen LogP contribution in [-0.4, -0.2) is 59.3 Å². The molecule has 0 unspecified atom stereocenters. The number of sulfonamides is 1. The third-order valence-electron chi connectivity index (χ3n) is 6.52. The topological polar surface area (TPSA) is 111 Å². The second-order valence-corrected chi connectivity index (χ2v) is 11.9. The molecular weight excluding hydrogens is 536 g/mol. The predicted octanol–water partition coefficient (Wildman–Crippen LogP) is 4.57. The van der Waals surface area contributed by atoms with Crippen molar-refractivity contribution in [2.75, 3.05) is 37.7 Å². The number of carbonyl (C=O) groups excluding carboxylic acids is 1. The molecule has 0 bridgehead atoms. The van der Waals surface area contributed by atoms with E-state index in [1.54, 1.807) is 24.3 Å². The van der Waals surface area contributed by atoms with Gasteiger partial charge < -0.3 is 21.1 Å². The monoisotopic (exact) mass is 580 g/mol. The number of aromatic hydroxyl groups is 1. The first kappa shape index (κ1) is 33.5. The average molecular weight is 581 g/mol. The summed E-state index contributed by atoms with van der Waals surface area (Å²) in [4.78, 5) is 11.3. The summed E-state index contributed by atoms with van der Waals surface area (Å²) in [5.74, 6) is 0.282. The fourth-order valence-electron chi connectivity index (χ4n) is 4.11. The van der Waals surface area contributed by atoms with Crippen LogP contribution in [0.4, 0.5) is 5.69 Å². The standard InChI is InChI=1S/C24H33N3O4S.C8H11N/c1-5-22(13-19-8-6-9-24(29)15-19)26-11-7-10-25-18(2)21-12-20(17-28)14-23(16-21)27(3)32(4,30)31;1-9-7-8-5-3-2-4-6-8/h6,8-9,12,14-17,22,25-26,29H,2,5,7,10-11,13H2,1,3-4H3;2-6,9H,7H2,1H3/t22-;/m0./s1. The second kappa shape index (κ2) is 17.2. The number of aldehydes is 1. The third-order valence-corrected chi connectivity index (χ3v) is 7.73. The molecule has 0 aromatic heterocycles. The summed E-state index contributed by atoms with van der Waals surface area (Å²) >= 11 is 0. The molecule has 8 nitrogen and oxygen atoms in total. The molecule has 0 spiro atoms. The van der Waals surface area contributed by atoms with Gasteiger partial charge in [0.05, 0.1) is 11.9 Å². The van der Waals surface area contributed by atoms with E-state index in [1.165, 1.54) is 18.7 Å². The molecule has 0 saturated carbocycles. The molecule has 9 heteroatoms. The minimum atomic E-state index is -3.44. The van der Waals surface area contributed by atoms with Crippen LogP contribution in [-0.2, 0) is 23.0 Å². The summed E-state index contributed by atoms with van der Waals surface area (Å²) < 4.78 is 24.8. The van der Waals surface area contributed by atoms with Crippen LogP contribution >= 0.6 is 0 Å². The predicted molar refractivity (Wildman–Crippen MR) is 170 cm³/mol. The maximum absolute atomic E-state index is 11.8. The number of anilines is 1. The highest BCUT2D eigenvalue weighted by Crippen LogP contribution is 2.23. The van der Waals surface area contributed by atoms with Gasteiger partial charge in [0.25, 0.3) is 0 Å². The molecule has 41 heavy (non-hydrogen) atoms. The number of nitrogens with one attached hydrogen (secondary N) is 3. The van der Waals surface area contributed by atoms with Crippen molar-refractivity contribution in [3.8, 4) is 5.75 Å². The lowest BCUT2D eigenvalue weighted by Crippen LogP contribution is -2.32. The summed E-state index contributed by atoms with van der Waals surface area (Å²) in [5.41, 5.74) is 4.53. The number of rotatable bonds is 15. The van der Waals surface area contributed by atoms with Crippen molar-refractivity contribution in [3.63, 3.8) is 0 Å². The molecule has 0 amide bonds. The Labute approximate surface area is 245 Å². The maximum atomic E-state index is 11.8. The van der Waals surface area contributed by atoms with E-state index < -0.39 is 10.0 Å². The van der Waals surface area contributed by atoms with E-state index in [0.717, 1.165) is 48.5 Å². The van der Waals surface area contributed by atoms with Crippen LogP contribution in [0.15, 0.2) is 79.4 Å². The van der Waals surface area contributed by atoms with E-state index in [2.05, 4.69) is 41.6 Å². The van der Waals surface area contributed by atoms with Crippen molar-refractivity contribution in [2.45, 2.75) is 38.8 Å². The number of phenolic OH excluding ortho intramolecular Hbond substituents is 1. The first-order valence-electron chi connectivity index (χ1n) is 13.7. The second-order valence-electron chi connectivity index (χ2n) is 9.87. The van der Waals surface area contributed by atoms with Crippen LogP contribution in [0.1, 0.15) is 46.8 Å². The SMILES string of the molecule is C=C(NCCCN[C@@H](CC)Cc1cccc(O)c1)c1cc(C=O)cc(N(C)S(C)(=O)=O)c1.CNCc1ccccc1. The summed E-state index contributed by atoms with van der Waals surface area (Å²) in [6.07, 6.45) is 4.49. The molecule has 0 aliphatic heterocycles. The van der Waals surface area contributed by atoms with Crippen LogP contribution in [0, 0.1) is 0 Å². The van der Waals surface area contributed by atoms with E-state index in [9.17, 15) is 18.3 Å². The number of phenols is 1. The molecule has 0 aliphatic rings. The first-order valence-corrected chi connectivity index (χ1v) is 15.6. The molecule has 0 heterocycles. The smallest absolute Gasteiger partial charge is 0.231 e. The molecule has 3 aromatic rings. The molecular formula is C32H44N4O4S. The molecule has 0 radical (unpaired) electrons. The fraction of sp³-hybridized carbons (Fsp3) is 0.344. The quantitative estimate of drug-likeness (QED) is 0.154. The van der Waals surface area contributed by atoms with Crippen molar-refractivity contribution in [1.82, 2.24) is 16.0 Å². The van der Waals surface area contributed by atoms with Gasteiger partial charge in [-0.05, 0) is 79.9 Å². The number of hydrogen-bond acceptors (Lipinski definition) is 7. The number of benzene rings is 3. The van der Waals surface area contributed by atoms with Gasteiger partial charge in [0.2, 0.25) is 10.0 Å². The van der Waals surface area contributed by atoms with Crippen LogP contribution in [0.2, 0.25) is 0 Å². The normalized spacial score (nSPS) is 11.6.